The molecule has 1 N–H and O–H groups in total. The van der Waals surface area contributed by atoms with Crippen LogP contribution in [-0.4, -0.2) is 56.0 Å². The van der Waals surface area contributed by atoms with Crippen LogP contribution in [0.5, 0.6) is 0 Å². The fourth-order valence-corrected chi connectivity index (χ4v) is 6.69. The number of hydrogen-bond donors (Lipinski definition) is 1. The second-order valence-electron chi connectivity index (χ2n) is 11.9. The number of nitrogens with zero attached hydrogens (tertiary/aromatic N) is 5. The van der Waals surface area contributed by atoms with E-state index in [2.05, 4.69) is 14.9 Å². The Hall–Kier alpha value is -4.05. The number of anilines is 1. The zero-order chi connectivity index (χ0) is 29.7. The van der Waals surface area contributed by atoms with Crippen LogP contribution < -0.4 is 4.90 Å². The molecule has 4 aromatic rings. The average Bonchev–Trinajstić information content (AvgIpc) is 3.81. The Balaban J connectivity index is 1.29. The zero-order valence-electron chi connectivity index (χ0n) is 23.5. The summed E-state index contributed by atoms with van der Waals surface area (Å²) in [6, 6.07) is 18.4. The van der Waals surface area contributed by atoms with Gasteiger partial charge in [0.1, 0.15) is 23.9 Å². The number of aliphatic hydroxyl groups is 1. The number of halogens is 3. The molecule has 2 aromatic heterocycles. The summed E-state index contributed by atoms with van der Waals surface area (Å²) in [5.41, 5.74) is 3.12. The molecule has 7 rings (SSSR count). The highest BCUT2D eigenvalue weighted by atomic mass is 19.4. The normalized spacial score (nSPS) is 21.3. The number of Topliss-reactive ketones (excluding diaryl/α,β-unsaturated/α-hetero) is 1. The van der Waals surface area contributed by atoms with E-state index in [1.807, 2.05) is 73.1 Å². The van der Waals surface area contributed by atoms with E-state index in [0.29, 0.717) is 37.5 Å². The van der Waals surface area contributed by atoms with Crippen molar-refractivity contribution in [3.63, 3.8) is 0 Å². The quantitative estimate of drug-likeness (QED) is 0.312. The fourth-order valence-electron chi connectivity index (χ4n) is 6.69. The Labute approximate surface area is 247 Å². The first-order chi connectivity index (χ1) is 20.8. The summed E-state index contributed by atoms with van der Waals surface area (Å²) in [7, 11) is 0. The molecule has 0 bridgehead atoms. The first-order valence-corrected chi connectivity index (χ1v) is 14.8. The topological polar surface area (TPSA) is 84.1 Å². The molecule has 1 saturated heterocycles. The molecule has 0 unspecified atom stereocenters. The average molecular weight is 588 g/mol. The summed E-state index contributed by atoms with van der Waals surface area (Å²) < 4.78 is 45.6. The maximum atomic E-state index is 14.7. The first-order valence-electron chi connectivity index (χ1n) is 14.8. The number of fused-ring (bicyclic) bond motifs is 1. The van der Waals surface area contributed by atoms with Crippen molar-refractivity contribution < 1.29 is 23.1 Å². The zero-order valence-corrected chi connectivity index (χ0v) is 23.5. The molecule has 1 aliphatic heterocycles. The standard InChI is InChI=1S/C33H32F3N5O2/c34-33(35,36)28-27-25(17-26(42)31(28)43)41(30(21-7-3-1-4-8-21)22-9-5-2-6-10-22)39-29(27)20-13-15-40(16-14-20)24-18-37-32(38-19-24)23-11-12-23/h1-10,18-20,23,28,30-31,43H,11-17H2/t28-,31+/m1/s1. The van der Waals surface area contributed by atoms with Crippen LogP contribution >= 0.6 is 0 Å². The van der Waals surface area contributed by atoms with Crippen molar-refractivity contribution in [2.75, 3.05) is 18.0 Å². The molecule has 2 aliphatic carbocycles. The van der Waals surface area contributed by atoms with Gasteiger partial charge in [0.2, 0.25) is 0 Å². The number of aliphatic hydroxyl groups excluding tert-OH is 1. The minimum absolute atomic E-state index is 0.0352. The second-order valence-corrected chi connectivity index (χ2v) is 11.9. The monoisotopic (exact) mass is 587 g/mol. The van der Waals surface area contributed by atoms with Crippen molar-refractivity contribution in [2.45, 2.75) is 68.2 Å². The van der Waals surface area contributed by atoms with E-state index in [1.165, 1.54) is 0 Å². The van der Waals surface area contributed by atoms with Crippen LogP contribution in [-0.2, 0) is 11.2 Å². The molecule has 10 heteroatoms. The number of ketones is 1. The van der Waals surface area contributed by atoms with Crippen LogP contribution in [0.4, 0.5) is 18.9 Å². The maximum absolute atomic E-state index is 14.7. The number of alkyl halides is 3. The number of rotatable bonds is 6. The van der Waals surface area contributed by atoms with Crippen LogP contribution in [0.2, 0.25) is 0 Å². The highest BCUT2D eigenvalue weighted by molar-refractivity contribution is 5.88. The number of carbonyl (C=O) groups is 1. The van der Waals surface area contributed by atoms with Gasteiger partial charge in [-0.2, -0.15) is 18.3 Å². The van der Waals surface area contributed by atoms with Crippen LogP contribution in [0.1, 0.15) is 83.4 Å². The molecule has 3 aliphatic rings. The Bertz CT molecular complexity index is 1560. The van der Waals surface area contributed by atoms with E-state index >= 15 is 0 Å². The Morgan fingerprint density at radius 3 is 1.95 bits per heavy atom. The third-order valence-electron chi connectivity index (χ3n) is 9.05. The van der Waals surface area contributed by atoms with E-state index in [-0.39, 0.29) is 23.6 Å². The van der Waals surface area contributed by atoms with Gasteiger partial charge in [0.05, 0.1) is 35.9 Å². The molecule has 1 saturated carbocycles. The Morgan fingerprint density at radius 1 is 0.837 bits per heavy atom. The third-order valence-corrected chi connectivity index (χ3v) is 9.05. The Morgan fingerprint density at radius 2 is 1.42 bits per heavy atom. The molecule has 2 aromatic carbocycles. The molecule has 0 radical (unpaired) electrons. The Kier molecular flexibility index (Phi) is 7.04. The minimum Gasteiger partial charge on any atom is -0.384 e. The van der Waals surface area contributed by atoms with Gasteiger partial charge in [-0.25, -0.2) is 9.97 Å². The summed E-state index contributed by atoms with van der Waals surface area (Å²) in [6.07, 6.45) is -0.218. The summed E-state index contributed by atoms with van der Waals surface area (Å²) in [5, 5.41) is 15.6. The molecule has 0 spiro atoms. The van der Waals surface area contributed by atoms with E-state index < -0.39 is 30.0 Å². The summed E-state index contributed by atoms with van der Waals surface area (Å²) >= 11 is 0. The van der Waals surface area contributed by atoms with Gasteiger partial charge in [-0.1, -0.05) is 60.7 Å². The lowest BCUT2D eigenvalue weighted by atomic mass is 9.78. The van der Waals surface area contributed by atoms with Gasteiger partial charge in [0.25, 0.3) is 0 Å². The maximum Gasteiger partial charge on any atom is 0.398 e. The number of benzene rings is 2. The summed E-state index contributed by atoms with van der Waals surface area (Å²) in [4.78, 5) is 24.1. The number of piperidine rings is 1. The lowest BCUT2D eigenvalue weighted by Gasteiger charge is -2.35. The van der Waals surface area contributed by atoms with Crippen molar-refractivity contribution in [3.8, 4) is 0 Å². The van der Waals surface area contributed by atoms with Crippen molar-refractivity contribution in [2.24, 2.45) is 0 Å². The molecule has 43 heavy (non-hydrogen) atoms. The van der Waals surface area contributed by atoms with Gasteiger partial charge >= 0.3 is 6.18 Å². The highest BCUT2D eigenvalue weighted by Gasteiger charge is 2.54. The molecular formula is C33H32F3N5O2. The molecule has 7 nitrogen and oxygen atoms in total. The second kappa shape index (κ2) is 10.9. The minimum atomic E-state index is -4.82. The van der Waals surface area contributed by atoms with Gasteiger partial charge in [0.15, 0.2) is 5.78 Å². The summed E-state index contributed by atoms with van der Waals surface area (Å²) in [6.45, 7) is 1.22. The lowest BCUT2D eigenvalue weighted by molar-refractivity contribution is -0.179. The van der Waals surface area contributed by atoms with E-state index in [1.54, 1.807) is 4.68 Å². The van der Waals surface area contributed by atoms with Crippen molar-refractivity contribution in [1.82, 2.24) is 19.7 Å². The number of carbonyl (C=O) groups excluding carboxylic acids is 1. The smallest absolute Gasteiger partial charge is 0.384 e. The molecule has 222 valence electrons. The van der Waals surface area contributed by atoms with Gasteiger partial charge in [-0.3, -0.25) is 9.48 Å². The SMILES string of the molecule is O=C1Cc2c(c(C3CCN(c4cnc(C5CC5)nc4)CC3)nn2C(c2ccccc2)c2ccccc2)[C@@H](C(F)(F)F)[C@H]1O. The van der Waals surface area contributed by atoms with E-state index in [9.17, 15) is 23.1 Å². The molecule has 0 amide bonds. The predicted molar refractivity (Wildman–Crippen MR) is 154 cm³/mol. The lowest BCUT2D eigenvalue weighted by Crippen LogP contribution is -2.43. The molecule has 2 atom stereocenters. The number of aromatic nitrogens is 4. The van der Waals surface area contributed by atoms with E-state index in [4.69, 9.17) is 5.10 Å². The molecule has 3 heterocycles. The van der Waals surface area contributed by atoms with Crippen LogP contribution in [0.25, 0.3) is 0 Å². The number of hydrogen-bond acceptors (Lipinski definition) is 6. The first kappa shape index (κ1) is 27.8. The summed E-state index contributed by atoms with van der Waals surface area (Å²) in [5.74, 6) is -2.10. The molecule has 2 fully saturated rings. The largest absolute Gasteiger partial charge is 0.398 e. The van der Waals surface area contributed by atoms with Gasteiger partial charge in [0, 0.05) is 30.5 Å². The van der Waals surface area contributed by atoms with Crippen LogP contribution in [0, 0.1) is 0 Å². The van der Waals surface area contributed by atoms with Crippen molar-refractivity contribution >= 4 is 11.5 Å². The van der Waals surface area contributed by atoms with Gasteiger partial charge in [-0.15, -0.1) is 0 Å². The van der Waals surface area contributed by atoms with E-state index in [0.717, 1.165) is 35.5 Å². The van der Waals surface area contributed by atoms with Gasteiger partial charge < -0.3 is 10.0 Å². The molecular weight excluding hydrogens is 555 g/mol. The predicted octanol–water partition coefficient (Wildman–Crippen LogP) is 5.70. The van der Waals surface area contributed by atoms with Crippen molar-refractivity contribution in [1.29, 1.82) is 0 Å². The third kappa shape index (κ3) is 5.22. The van der Waals surface area contributed by atoms with Crippen molar-refractivity contribution in [3.05, 3.63) is 107 Å². The fraction of sp³-hybridized carbons (Fsp3) is 0.394. The van der Waals surface area contributed by atoms with Crippen LogP contribution in [0.15, 0.2) is 73.1 Å². The highest BCUT2D eigenvalue weighted by Crippen LogP contribution is 2.48. The van der Waals surface area contributed by atoms with Gasteiger partial charge in [-0.05, 0) is 36.8 Å². The van der Waals surface area contributed by atoms with Crippen LogP contribution in [0.3, 0.4) is 0 Å².